The standard InChI is InChI=1S/C21H18N2O2/c1-2-20(12-15-7-9-23-10-8-15)25-21(24)19-6-5-17-11-16(14-22)3-4-18(17)13-19/h3-11,13,20H,2,12H2,1H3. The van der Waals surface area contributed by atoms with Crippen LogP contribution in [0.2, 0.25) is 0 Å². The molecule has 1 unspecified atom stereocenters. The molecule has 0 aliphatic rings. The van der Waals surface area contributed by atoms with Gasteiger partial charge >= 0.3 is 5.97 Å². The highest BCUT2D eigenvalue weighted by molar-refractivity contribution is 5.95. The van der Waals surface area contributed by atoms with Crippen molar-refractivity contribution in [2.45, 2.75) is 25.9 Å². The van der Waals surface area contributed by atoms with E-state index in [1.165, 1.54) is 0 Å². The van der Waals surface area contributed by atoms with Gasteiger partial charge in [-0.05, 0) is 59.2 Å². The molecule has 0 saturated heterocycles. The summed E-state index contributed by atoms with van der Waals surface area (Å²) in [5.41, 5.74) is 2.22. The summed E-state index contributed by atoms with van der Waals surface area (Å²) in [4.78, 5) is 16.5. The molecule has 0 spiro atoms. The lowest BCUT2D eigenvalue weighted by Gasteiger charge is -2.16. The van der Waals surface area contributed by atoms with E-state index in [0.29, 0.717) is 17.5 Å². The summed E-state index contributed by atoms with van der Waals surface area (Å²) in [7, 11) is 0. The number of fused-ring (bicyclic) bond motifs is 1. The maximum absolute atomic E-state index is 12.5. The van der Waals surface area contributed by atoms with Gasteiger partial charge in [-0.2, -0.15) is 5.26 Å². The minimum atomic E-state index is -0.327. The lowest BCUT2D eigenvalue weighted by molar-refractivity contribution is 0.0294. The van der Waals surface area contributed by atoms with Gasteiger partial charge < -0.3 is 4.74 Å². The second kappa shape index (κ2) is 7.59. The summed E-state index contributed by atoms with van der Waals surface area (Å²) in [5, 5.41) is 10.8. The molecule has 0 saturated carbocycles. The summed E-state index contributed by atoms with van der Waals surface area (Å²) in [5.74, 6) is -0.327. The van der Waals surface area contributed by atoms with Crippen molar-refractivity contribution >= 4 is 16.7 Å². The van der Waals surface area contributed by atoms with Gasteiger partial charge in [-0.15, -0.1) is 0 Å². The number of pyridine rings is 1. The molecule has 1 aromatic heterocycles. The third-order valence-corrected chi connectivity index (χ3v) is 4.15. The molecule has 4 nitrogen and oxygen atoms in total. The number of ether oxygens (including phenoxy) is 1. The first kappa shape index (κ1) is 16.7. The van der Waals surface area contributed by atoms with Crippen molar-refractivity contribution in [1.29, 1.82) is 5.26 Å². The summed E-state index contributed by atoms with van der Waals surface area (Å²) < 4.78 is 5.67. The predicted molar refractivity (Wildman–Crippen MR) is 96.1 cm³/mol. The molecule has 0 aliphatic heterocycles. The zero-order valence-electron chi connectivity index (χ0n) is 14.0. The third kappa shape index (κ3) is 4.02. The fraction of sp³-hybridized carbons (Fsp3) is 0.190. The molecule has 0 amide bonds. The van der Waals surface area contributed by atoms with Gasteiger partial charge in [-0.25, -0.2) is 4.79 Å². The van der Waals surface area contributed by atoms with Crippen molar-refractivity contribution in [1.82, 2.24) is 4.98 Å². The van der Waals surface area contributed by atoms with Crippen LogP contribution < -0.4 is 0 Å². The molecule has 3 rings (SSSR count). The van der Waals surface area contributed by atoms with E-state index in [9.17, 15) is 4.79 Å². The van der Waals surface area contributed by atoms with Crippen LogP contribution in [0.1, 0.15) is 34.8 Å². The molecule has 4 heteroatoms. The Balaban J connectivity index is 1.75. The molecule has 124 valence electrons. The third-order valence-electron chi connectivity index (χ3n) is 4.15. The molecule has 0 radical (unpaired) electrons. The smallest absolute Gasteiger partial charge is 0.338 e. The van der Waals surface area contributed by atoms with Gasteiger partial charge in [0.15, 0.2) is 0 Å². The Kier molecular flexibility index (Phi) is 5.06. The largest absolute Gasteiger partial charge is 0.458 e. The van der Waals surface area contributed by atoms with Crippen LogP contribution in [0.3, 0.4) is 0 Å². The van der Waals surface area contributed by atoms with Gasteiger partial charge in [0, 0.05) is 18.8 Å². The lowest BCUT2D eigenvalue weighted by atomic mass is 10.0. The highest BCUT2D eigenvalue weighted by atomic mass is 16.5. The monoisotopic (exact) mass is 330 g/mol. The van der Waals surface area contributed by atoms with E-state index < -0.39 is 0 Å². The maximum atomic E-state index is 12.5. The molecule has 25 heavy (non-hydrogen) atoms. The SMILES string of the molecule is CCC(Cc1ccncc1)OC(=O)c1ccc2cc(C#N)ccc2c1. The van der Waals surface area contributed by atoms with E-state index in [1.54, 1.807) is 30.6 Å². The minimum absolute atomic E-state index is 0.174. The van der Waals surface area contributed by atoms with Crippen molar-refractivity contribution in [3.8, 4) is 6.07 Å². The van der Waals surface area contributed by atoms with Crippen molar-refractivity contribution in [3.63, 3.8) is 0 Å². The van der Waals surface area contributed by atoms with Crippen LogP contribution in [-0.4, -0.2) is 17.1 Å². The molecule has 0 fully saturated rings. The fourth-order valence-electron chi connectivity index (χ4n) is 2.71. The zero-order chi connectivity index (χ0) is 17.6. The quantitative estimate of drug-likeness (QED) is 0.655. The molecular formula is C21H18N2O2. The maximum Gasteiger partial charge on any atom is 0.338 e. The van der Waals surface area contributed by atoms with Gasteiger partial charge in [0.05, 0.1) is 17.2 Å². The first-order valence-electron chi connectivity index (χ1n) is 8.23. The van der Waals surface area contributed by atoms with Crippen molar-refractivity contribution in [2.24, 2.45) is 0 Å². The minimum Gasteiger partial charge on any atom is -0.458 e. The number of carbonyl (C=O) groups excluding carboxylic acids is 1. The number of aromatic nitrogens is 1. The normalized spacial score (nSPS) is 11.7. The van der Waals surface area contributed by atoms with Gasteiger partial charge in [0.1, 0.15) is 6.10 Å². The highest BCUT2D eigenvalue weighted by Crippen LogP contribution is 2.19. The number of nitriles is 1. The summed E-state index contributed by atoms with van der Waals surface area (Å²) in [6.45, 7) is 2.00. The number of carbonyl (C=O) groups is 1. The van der Waals surface area contributed by atoms with E-state index in [4.69, 9.17) is 10.00 Å². The van der Waals surface area contributed by atoms with Crippen molar-refractivity contribution < 1.29 is 9.53 Å². The van der Waals surface area contributed by atoms with Gasteiger partial charge in [0.25, 0.3) is 0 Å². The number of rotatable bonds is 5. The van der Waals surface area contributed by atoms with Crippen LogP contribution in [0.5, 0.6) is 0 Å². The van der Waals surface area contributed by atoms with Crippen LogP contribution in [0.15, 0.2) is 60.9 Å². The summed E-state index contributed by atoms with van der Waals surface area (Å²) in [6.07, 6.45) is 4.72. The second-order valence-electron chi connectivity index (χ2n) is 5.88. The first-order chi connectivity index (χ1) is 12.2. The van der Waals surface area contributed by atoms with Crippen LogP contribution in [0.25, 0.3) is 10.8 Å². The topological polar surface area (TPSA) is 63.0 Å². The molecule has 0 N–H and O–H groups in total. The van der Waals surface area contributed by atoms with E-state index in [0.717, 1.165) is 22.8 Å². The first-order valence-corrected chi connectivity index (χ1v) is 8.23. The molecule has 1 atom stereocenters. The average Bonchev–Trinajstić information content (AvgIpc) is 2.67. The molecule has 2 aromatic carbocycles. The number of hydrogen-bond acceptors (Lipinski definition) is 4. The Labute approximate surface area is 146 Å². The van der Waals surface area contributed by atoms with Crippen LogP contribution in [0, 0.1) is 11.3 Å². The molecule has 3 aromatic rings. The van der Waals surface area contributed by atoms with E-state index >= 15 is 0 Å². The highest BCUT2D eigenvalue weighted by Gasteiger charge is 2.15. The summed E-state index contributed by atoms with van der Waals surface area (Å²) >= 11 is 0. The average molecular weight is 330 g/mol. The Bertz CT molecular complexity index is 930. The zero-order valence-corrected chi connectivity index (χ0v) is 14.0. The van der Waals surface area contributed by atoms with E-state index in [-0.39, 0.29) is 12.1 Å². The number of nitrogens with zero attached hydrogens (tertiary/aromatic N) is 2. The molecule has 0 bridgehead atoms. The lowest BCUT2D eigenvalue weighted by Crippen LogP contribution is -2.20. The number of esters is 1. The molecule has 1 heterocycles. The Morgan fingerprint density at radius 2 is 1.84 bits per heavy atom. The fourth-order valence-corrected chi connectivity index (χ4v) is 2.71. The van der Waals surface area contributed by atoms with Gasteiger partial charge in [-0.1, -0.05) is 19.1 Å². The Morgan fingerprint density at radius 3 is 2.56 bits per heavy atom. The van der Waals surface area contributed by atoms with Crippen LogP contribution in [-0.2, 0) is 11.2 Å². The molecular weight excluding hydrogens is 312 g/mol. The number of hydrogen-bond donors (Lipinski definition) is 0. The second-order valence-corrected chi connectivity index (χ2v) is 5.88. The van der Waals surface area contributed by atoms with Crippen LogP contribution in [0.4, 0.5) is 0 Å². The van der Waals surface area contributed by atoms with Crippen molar-refractivity contribution in [2.75, 3.05) is 0 Å². The Morgan fingerprint density at radius 1 is 1.12 bits per heavy atom. The van der Waals surface area contributed by atoms with E-state index in [2.05, 4.69) is 11.1 Å². The van der Waals surface area contributed by atoms with Gasteiger partial charge in [0.2, 0.25) is 0 Å². The number of benzene rings is 2. The molecule has 0 aliphatic carbocycles. The summed E-state index contributed by atoms with van der Waals surface area (Å²) in [6, 6.07) is 16.8. The van der Waals surface area contributed by atoms with Gasteiger partial charge in [-0.3, -0.25) is 4.98 Å². The van der Waals surface area contributed by atoms with Crippen molar-refractivity contribution in [3.05, 3.63) is 77.6 Å². The van der Waals surface area contributed by atoms with E-state index in [1.807, 2.05) is 37.3 Å². The Hall–Kier alpha value is -3.19. The van der Waals surface area contributed by atoms with Crippen LogP contribution >= 0.6 is 0 Å². The predicted octanol–water partition coefficient (Wildman–Crippen LogP) is 4.28.